The summed E-state index contributed by atoms with van der Waals surface area (Å²) in [4.78, 5) is 24.0. The van der Waals surface area contributed by atoms with Gasteiger partial charge in [-0.3, -0.25) is 9.59 Å². The Morgan fingerprint density at radius 3 is 2.48 bits per heavy atom. The number of thioether (sulfide) groups is 1. The molecule has 23 heavy (non-hydrogen) atoms. The van der Waals surface area contributed by atoms with Crippen LogP contribution in [0, 0.1) is 39.9 Å². The van der Waals surface area contributed by atoms with E-state index >= 15 is 0 Å². The van der Waals surface area contributed by atoms with Gasteiger partial charge in [-0.1, -0.05) is 39.5 Å². The van der Waals surface area contributed by atoms with Gasteiger partial charge in [-0.2, -0.15) is 10.5 Å². The molecule has 0 unspecified atom stereocenters. The zero-order valence-corrected chi connectivity index (χ0v) is 14.9. The van der Waals surface area contributed by atoms with Crippen molar-refractivity contribution in [1.82, 2.24) is 10.6 Å². The molecule has 1 aliphatic rings. The number of nitrogens with one attached hydrogen (secondary N) is 2. The molecule has 1 rings (SSSR count). The molecule has 0 bridgehead atoms. The lowest BCUT2D eigenvalue weighted by Gasteiger charge is -2.34. The molecule has 2 amide bonds. The number of carbonyl (C=O) groups excluding carboxylic acids is 2. The van der Waals surface area contributed by atoms with E-state index in [0.29, 0.717) is 16.5 Å². The van der Waals surface area contributed by atoms with Gasteiger partial charge < -0.3 is 10.6 Å². The molecule has 0 fully saturated rings. The van der Waals surface area contributed by atoms with Gasteiger partial charge >= 0.3 is 0 Å². The standard InChI is InChI=1S/C16H22N4O2S/c1-9(2)10(3)19-13(21)8-23-15-12(7-18)16(4,5)11(6-17)14(22)20-15/h9-11H,8H2,1-5H3,(H,19,21)(H,20,22)/t10-,11-/m1/s1. The molecule has 0 aromatic rings. The normalized spacial score (nSPS) is 21.2. The summed E-state index contributed by atoms with van der Waals surface area (Å²) in [6.07, 6.45) is 0. The van der Waals surface area contributed by atoms with E-state index < -0.39 is 17.2 Å². The molecule has 7 heteroatoms. The van der Waals surface area contributed by atoms with Crippen molar-refractivity contribution in [2.45, 2.75) is 40.7 Å². The van der Waals surface area contributed by atoms with Crippen LogP contribution in [-0.2, 0) is 9.59 Å². The maximum atomic E-state index is 12.0. The minimum atomic E-state index is -0.920. The number of amides is 2. The Labute approximate surface area is 141 Å². The van der Waals surface area contributed by atoms with E-state index in [9.17, 15) is 14.9 Å². The van der Waals surface area contributed by atoms with Crippen molar-refractivity contribution in [3.63, 3.8) is 0 Å². The first-order valence-corrected chi connectivity index (χ1v) is 8.41. The van der Waals surface area contributed by atoms with Gasteiger partial charge in [0.25, 0.3) is 0 Å². The fourth-order valence-electron chi connectivity index (χ4n) is 2.13. The number of allylic oxidation sites excluding steroid dienone is 1. The zero-order valence-electron chi connectivity index (χ0n) is 14.1. The summed E-state index contributed by atoms with van der Waals surface area (Å²) in [5.74, 6) is -1.09. The van der Waals surface area contributed by atoms with E-state index in [1.54, 1.807) is 13.8 Å². The molecule has 124 valence electrons. The van der Waals surface area contributed by atoms with E-state index in [1.165, 1.54) is 0 Å². The molecular formula is C16H22N4O2S. The second kappa shape index (κ2) is 7.52. The van der Waals surface area contributed by atoms with Gasteiger partial charge in [0.15, 0.2) is 0 Å². The average molecular weight is 334 g/mol. The zero-order chi connectivity index (χ0) is 17.8. The van der Waals surface area contributed by atoms with Crippen LogP contribution in [-0.4, -0.2) is 23.6 Å². The van der Waals surface area contributed by atoms with Gasteiger partial charge in [0.1, 0.15) is 5.92 Å². The van der Waals surface area contributed by atoms with Crippen molar-refractivity contribution in [3.8, 4) is 12.1 Å². The fraction of sp³-hybridized carbons (Fsp3) is 0.625. The quantitative estimate of drug-likeness (QED) is 0.799. The minimum absolute atomic E-state index is 0.0490. The second-order valence-electron chi connectivity index (χ2n) is 6.48. The Morgan fingerprint density at radius 1 is 1.39 bits per heavy atom. The monoisotopic (exact) mass is 334 g/mol. The fourth-order valence-corrected chi connectivity index (χ4v) is 3.12. The molecule has 1 aliphatic heterocycles. The van der Waals surface area contributed by atoms with Crippen molar-refractivity contribution in [3.05, 3.63) is 10.6 Å². The lowest BCUT2D eigenvalue weighted by Crippen LogP contribution is -2.45. The highest BCUT2D eigenvalue weighted by atomic mass is 32.2. The summed E-state index contributed by atoms with van der Waals surface area (Å²) in [6.45, 7) is 9.34. The maximum absolute atomic E-state index is 12.0. The summed E-state index contributed by atoms with van der Waals surface area (Å²) in [6, 6.07) is 4.07. The highest BCUT2D eigenvalue weighted by Gasteiger charge is 2.44. The van der Waals surface area contributed by atoms with Crippen LogP contribution in [0.3, 0.4) is 0 Å². The van der Waals surface area contributed by atoms with Crippen molar-refractivity contribution < 1.29 is 9.59 Å². The second-order valence-corrected chi connectivity index (χ2v) is 7.46. The van der Waals surface area contributed by atoms with E-state index in [0.717, 1.165) is 11.8 Å². The molecule has 6 nitrogen and oxygen atoms in total. The molecule has 0 spiro atoms. The van der Waals surface area contributed by atoms with Gasteiger partial charge in [-0.15, -0.1) is 0 Å². The van der Waals surface area contributed by atoms with Crippen LogP contribution in [0.4, 0.5) is 0 Å². The summed E-state index contributed by atoms with van der Waals surface area (Å²) in [5.41, 5.74) is -0.547. The first-order chi connectivity index (χ1) is 10.6. The molecule has 2 N–H and O–H groups in total. The van der Waals surface area contributed by atoms with Gasteiger partial charge in [0.05, 0.1) is 28.5 Å². The van der Waals surface area contributed by atoms with Gasteiger partial charge in [-0.25, -0.2) is 0 Å². The Morgan fingerprint density at radius 2 is 2.00 bits per heavy atom. The topological polar surface area (TPSA) is 106 Å². The van der Waals surface area contributed by atoms with Crippen LogP contribution in [0.15, 0.2) is 10.6 Å². The smallest absolute Gasteiger partial charge is 0.243 e. The van der Waals surface area contributed by atoms with Gasteiger partial charge in [-0.05, 0) is 12.8 Å². The van der Waals surface area contributed by atoms with Crippen molar-refractivity contribution in [1.29, 1.82) is 10.5 Å². The third-order valence-corrected chi connectivity index (χ3v) is 5.07. The van der Waals surface area contributed by atoms with Crippen LogP contribution in [0.1, 0.15) is 34.6 Å². The van der Waals surface area contributed by atoms with Crippen molar-refractivity contribution >= 4 is 23.6 Å². The Bertz CT molecular complexity index is 611. The molecule has 0 radical (unpaired) electrons. The third-order valence-electron chi connectivity index (χ3n) is 4.07. The van der Waals surface area contributed by atoms with Crippen molar-refractivity contribution in [2.24, 2.45) is 17.3 Å². The number of rotatable bonds is 5. The Hall–Kier alpha value is -1.99. The summed E-state index contributed by atoms with van der Waals surface area (Å²) >= 11 is 1.11. The predicted octanol–water partition coefficient (Wildman–Crippen LogP) is 1.91. The molecule has 2 atom stereocenters. The highest BCUT2D eigenvalue weighted by Crippen LogP contribution is 2.41. The van der Waals surface area contributed by atoms with E-state index in [1.807, 2.05) is 26.8 Å². The number of carbonyl (C=O) groups is 2. The van der Waals surface area contributed by atoms with E-state index in [2.05, 4.69) is 16.7 Å². The number of nitriles is 2. The SMILES string of the molecule is CC(C)[C@@H](C)NC(=O)CSC1=C(C#N)C(C)(C)[C@H](C#N)C(=O)N1. The first kappa shape index (κ1) is 19.1. The Kier molecular flexibility index (Phi) is 6.23. The number of hydrogen-bond acceptors (Lipinski definition) is 5. The average Bonchev–Trinajstić information content (AvgIpc) is 2.44. The molecule has 1 heterocycles. The summed E-state index contributed by atoms with van der Waals surface area (Å²) in [5, 5.41) is 24.4. The third kappa shape index (κ3) is 4.27. The number of hydrogen-bond donors (Lipinski definition) is 2. The van der Waals surface area contributed by atoms with Crippen LogP contribution < -0.4 is 10.6 Å². The Balaban J connectivity index is 2.89. The molecule has 0 aromatic heterocycles. The molecule has 0 saturated carbocycles. The minimum Gasteiger partial charge on any atom is -0.353 e. The largest absolute Gasteiger partial charge is 0.353 e. The molecular weight excluding hydrogens is 312 g/mol. The van der Waals surface area contributed by atoms with Crippen molar-refractivity contribution in [2.75, 3.05) is 5.75 Å². The van der Waals surface area contributed by atoms with Crippen LogP contribution in [0.25, 0.3) is 0 Å². The lowest BCUT2D eigenvalue weighted by atomic mass is 9.72. The van der Waals surface area contributed by atoms with Crippen LogP contribution >= 0.6 is 11.8 Å². The predicted molar refractivity (Wildman–Crippen MR) is 88.6 cm³/mol. The number of nitrogens with zero attached hydrogens (tertiary/aromatic N) is 2. The maximum Gasteiger partial charge on any atom is 0.243 e. The highest BCUT2D eigenvalue weighted by molar-refractivity contribution is 8.03. The summed E-state index contributed by atoms with van der Waals surface area (Å²) < 4.78 is 0. The van der Waals surface area contributed by atoms with Crippen LogP contribution in [0.2, 0.25) is 0 Å². The molecule has 0 aliphatic carbocycles. The molecule has 0 saturated heterocycles. The van der Waals surface area contributed by atoms with E-state index in [-0.39, 0.29) is 17.7 Å². The lowest BCUT2D eigenvalue weighted by molar-refractivity contribution is -0.125. The summed E-state index contributed by atoms with van der Waals surface area (Å²) in [7, 11) is 0. The molecule has 0 aromatic carbocycles. The van der Waals surface area contributed by atoms with E-state index in [4.69, 9.17) is 5.26 Å². The van der Waals surface area contributed by atoms with Gasteiger partial charge in [0, 0.05) is 11.5 Å². The van der Waals surface area contributed by atoms with Crippen LogP contribution in [0.5, 0.6) is 0 Å². The van der Waals surface area contributed by atoms with Gasteiger partial charge in [0.2, 0.25) is 11.8 Å². The first-order valence-electron chi connectivity index (χ1n) is 7.42.